The van der Waals surface area contributed by atoms with E-state index in [1.807, 2.05) is 13.2 Å². The van der Waals surface area contributed by atoms with E-state index in [1.54, 1.807) is 0 Å². The Labute approximate surface area is 119 Å². The van der Waals surface area contributed by atoms with Crippen molar-refractivity contribution in [3.63, 3.8) is 0 Å². The Hall–Kier alpha value is -0.740. The van der Waals surface area contributed by atoms with Crippen molar-refractivity contribution < 1.29 is 4.74 Å². The lowest BCUT2D eigenvalue weighted by atomic mass is 9.93. The first-order valence-corrected chi connectivity index (χ1v) is 7.81. The fraction of sp³-hybridized carbons (Fsp3) is 0.733. The van der Waals surface area contributed by atoms with E-state index in [-0.39, 0.29) is 5.60 Å². The van der Waals surface area contributed by atoms with Gasteiger partial charge in [-0.3, -0.25) is 0 Å². The molecule has 2 saturated carbocycles. The van der Waals surface area contributed by atoms with Gasteiger partial charge in [0.1, 0.15) is 16.1 Å². The summed E-state index contributed by atoms with van der Waals surface area (Å²) in [5.74, 6) is 1.63. The van der Waals surface area contributed by atoms with Crippen LogP contribution in [0.25, 0.3) is 0 Å². The van der Waals surface area contributed by atoms with Crippen molar-refractivity contribution in [2.24, 2.45) is 0 Å². The zero-order chi connectivity index (χ0) is 13.3. The maximum atomic E-state index is 5.91. The van der Waals surface area contributed by atoms with Gasteiger partial charge in [-0.05, 0) is 37.7 Å². The molecule has 0 aliphatic heterocycles. The highest BCUT2D eigenvalue weighted by Crippen LogP contribution is 2.41. The van der Waals surface area contributed by atoms with Gasteiger partial charge in [0, 0.05) is 12.8 Å². The molecule has 2 aliphatic rings. The van der Waals surface area contributed by atoms with Crippen molar-refractivity contribution in [1.82, 2.24) is 9.97 Å². The number of hydrogen-bond acceptors (Lipinski definition) is 3. The molecule has 0 atom stereocenters. The van der Waals surface area contributed by atoms with Gasteiger partial charge in [-0.25, -0.2) is 4.98 Å². The van der Waals surface area contributed by atoms with Crippen molar-refractivity contribution in [3.8, 4) is 0 Å². The zero-order valence-corrected chi connectivity index (χ0v) is 12.4. The second-order valence-corrected chi connectivity index (χ2v) is 6.33. The Kier molecular flexibility index (Phi) is 3.72. The summed E-state index contributed by atoms with van der Waals surface area (Å²) in [7, 11) is 1.81. The van der Waals surface area contributed by atoms with E-state index >= 15 is 0 Å². The first-order valence-electron chi connectivity index (χ1n) is 7.40. The van der Waals surface area contributed by atoms with Gasteiger partial charge in [-0.2, -0.15) is 0 Å². The number of aromatic amines is 1. The maximum absolute atomic E-state index is 5.91. The van der Waals surface area contributed by atoms with Gasteiger partial charge in [0.25, 0.3) is 0 Å². The van der Waals surface area contributed by atoms with E-state index in [9.17, 15) is 0 Å². The van der Waals surface area contributed by atoms with E-state index in [0.717, 1.165) is 18.7 Å². The second kappa shape index (κ2) is 5.33. The third-order valence-corrected chi connectivity index (χ3v) is 4.72. The minimum Gasteiger partial charge on any atom is -0.370 e. The third kappa shape index (κ3) is 2.75. The number of ether oxygens (including phenoxy) is 1. The Morgan fingerprint density at radius 3 is 2.53 bits per heavy atom. The van der Waals surface area contributed by atoms with Gasteiger partial charge in [-0.15, -0.1) is 0 Å². The Balaban J connectivity index is 1.99. The fourth-order valence-corrected chi connectivity index (χ4v) is 3.36. The van der Waals surface area contributed by atoms with Gasteiger partial charge in [0.2, 0.25) is 0 Å². The van der Waals surface area contributed by atoms with Crippen LogP contribution in [-0.2, 0) is 10.3 Å². The molecular weight excluding hydrogens is 256 g/mol. The number of aromatic nitrogens is 2. The molecule has 4 heteroatoms. The van der Waals surface area contributed by atoms with Crippen LogP contribution >= 0.6 is 12.2 Å². The molecule has 1 aromatic rings. The predicted octanol–water partition coefficient (Wildman–Crippen LogP) is 4.21. The van der Waals surface area contributed by atoms with E-state index in [0.29, 0.717) is 10.6 Å². The van der Waals surface area contributed by atoms with Gasteiger partial charge in [0.15, 0.2) is 0 Å². The number of H-pyrrole nitrogens is 1. The molecule has 2 aliphatic carbocycles. The summed E-state index contributed by atoms with van der Waals surface area (Å²) in [4.78, 5) is 8.12. The molecule has 3 rings (SSSR count). The van der Waals surface area contributed by atoms with E-state index in [2.05, 4.69) is 9.97 Å². The largest absolute Gasteiger partial charge is 0.370 e. The molecule has 19 heavy (non-hydrogen) atoms. The van der Waals surface area contributed by atoms with Crippen molar-refractivity contribution in [2.45, 2.75) is 62.9 Å². The van der Waals surface area contributed by atoms with Gasteiger partial charge >= 0.3 is 0 Å². The number of rotatable bonds is 3. The summed E-state index contributed by atoms with van der Waals surface area (Å²) >= 11 is 5.35. The lowest BCUT2D eigenvalue weighted by Gasteiger charge is -2.30. The van der Waals surface area contributed by atoms with Gasteiger partial charge in [0.05, 0.1) is 0 Å². The number of hydrogen-bond donors (Lipinski definition) is 1. The molecule has 0 unspecified atom stereocenters. The van der Waals surface area contributed by atoms with Crippen molar-refractivity contribution in [1.29, 1.82) is 0 Å². The lowest BCUT2D eigenvalue weighted by Crippen LogP contribution is -2.30. The molecule has 0 spiro atoms. The summed E-state index contributed by atoms with van der Waals surface area (Å²) in [6.45, 7) is 0. The van der Waals surface area contributed by atoms with Crippen molar-refractivity contribution >= 4 is 12.2 Å². The van der Waals surface area contributed by atoms with Crippen molar-refractivity contribution in [3.05, 3.63) is 22.2 Å². The molecule has 0 radical (unpaired) electrons. The summed E-state index contributed by atoms with van der Waals surface area (Å²) in [5, 5.41) is 0. The van der Waals surface area contributed by atoms with Crippen LogP contribution in [-0.4, -0.2) is 17.1 Å². The average Bonchev–Trinajstić information content (AvgIpc) is 3.25. The van der Waals surface area contributed by atoms with Crippen LogP contribution in [0, 0.1) is 4.64 Å². The van der Waals surface area contributed by atoms with Crippen LogP contribution in [0.3, 0.4) is 0 Å². The van der Waals surface area contributed by atoms with Crippen LogP contribution in [0.15, 0.2) is 6.07 Å². The van der Waals surface area contributed by atoms with Gasteiger partial charge in [-0.1, -0.05) is 37.9 Å². The lowest BCUT2D eigenvalue weighted by molar-refractivity contribution is -0.0354. The normalized spacial score (nSPS) is 23.0. The van der Waals surface area contributed by atoms with Crippen LogP contribution in [0.5, 0.6) is 0 Å². The number of nitrogens with one attached hydrogen (secondary N) is 1. The molecule has 1 aromatic heterocycles. The molecule has 3 nitrogen and oxygen atoms in total. The van der Waals surface area contributed by atoms with Crippen LogP contribution in [0.1, 0.15) is 68.8 Å². The van der Waals surface area contributed by atoms with E-state index < -0.39 is 0 Å². The van der Waals surface area contributed by atoms with Crippen molar-refractivity contribution in [2.75, 3.05) is 7.11 Å². The molecule has 1 N–H and O–H groups in total. The summed E-state index contributed by atoms with van der Waals surface area (Å²) in [6.07, 6.45) is 9.67. The first kappa shape index (κ1) is 13.3. The Morgan fingerprint density at radius 2 is 1.95 bits per heavy atom. The smallest absolute Gasteiger partial charge is 0.140 e. The highest BCUT2D eigenvalue weighted by molar-refractivity contribution is 7.71. The summed E-state index contributed by atoms with van der Waals surface area (Å²) in [6, 6.07) is 2.02. The number of methoxy groups -OCH3 is 1. The molecule has 2 fully saturated rings. The number of nitrogens with zero attached hydrogens (tertiary/aromatic N) is 1. The van der Waals surface area contributed by atoms with Crippen LogP contribution < -0.4 is 0 Å². The predicted molar refractivity (Wildman–Crippen MR) is 77.8 cm³/mol. The topological polar surface area (TPSA) is 37.9 Å². The third-order valence-electron chi connectivity index (χ3n) is 4.51. The SMILES string of the molecule is COC1(c2nc(=S)cc(C3CC3)[nH]2)CCCCCC1. The quantitative estimate of drug-likeness (QED) is 0.664. The minimum absolute atomic E-state index is 0.241. The highest BCUT2D eigenvalue weighted by atomic mass is 32.1. The molecule has 0 amide bonds. The highest BCUT2D eigenvalue weighted by Gasteiger charge is 2.36. The molecule has 1 heterocycles. The standard InChI is InChI=1S/C15H22N2OS/c1-18-15(8-4-2-3-5-9-15)14-16-12(11-6-7-11)10-13(19)17-14/h10-11H,2-9H2,1H3,(H,16,17,19). The molecule has 0 bridgehead atoms. The van der Waals surface area contributed by atoms with Crippen LogP contribution in [0.2, 0.25) is 0 Å². The Morgan fingerprint density at radius 1 is 1.26 bits per heavy atom. The maximum Gasteiger partial charge on any atom is 0.140 e. The zero-order valence-electron chi connectivity index (χ0n) is 11.6. The summed E-state index contributed by atoms with van der Waals surface area (Å²) < 4.78 is 6.62. The van der Waals surface area contributed by atoms with E-state index in [4.69, 9.17) is 17.0 Å². The second-order valence-electron chi connectivity index (χ2n) is 5.91. The fourth-order valence-electron chi connectivity index (χ4n) is 3.14. The summed E-state index contributed by atoms with van der Waals surface area (Å²) in [5.41, 5.74) is 1.02. The molecule has 104 valence electrons. The van der Waals surface area contributed by atoms with Crippen LogP contribution in [0.4, 0.5) is 0 Å². The molecule has 0 aromatic carbocycles. The van der Waals surface area contributed by atoms with Gasteiger partial charge < -0.3 is 9.72 Å². The first-order chi connectivity index (χ1) is 9.23. The van der Waals surface area contributed by atoms with E-state index in [1.165, 1.54) is 44.2 Å². The minimum atomic E-state index is -0.241. The monoisotopic (exact) mass is 278 g/mol. The average molecular weight is 278 g/mol. The molecule has 0 saturated heterocycles. The molecular formula is C15H22N2OS. The Bertz CT molecular complexity index is 499.